The van der Waals surface area contributed by atoms with Crippen LogP contribution in [0.3, 0.4) is 0 Å². The molecule has 0 unspecified atom stereocenters. The van der Waals surface area contributed by atoms with Crippen molar-refractivity contribution in [3.8, 4) is 0 Å². The summed E-state index contributed by atoms with van der Waals surface area (Å²) in [4.78, 5) is 0. The average molecular weight is 124 g/mol. The van der Waals surface area contributed by atoms with E-state index < -0.39 is 0 Å². The van der Waals surface area contributed by atoms with Crippen molar-refractivity contribution in [3.63, 3.8) is 0 Å². The third-order valence-corrected chi connectivity index (χ3v) is 1.50. The van der Waals surface area contributed by atoms with Gasteiger partial charge in [-0.25, -0.2) is 0 Å². The lowest BCUT2D eigenvalue weighted by atomic mass is 10.9. The number of aliphatic hydroxyl groups is 1. The smallest absolute Gasteiger partial charge is 0.130 e. The van der Waals surface area contributed by atoms with Crippen LogP contribution in [-0.4, -0.2) is 35.5 Å². The molecule has 3 heteroatoms. The van der Waals surface area contributed by atoms with Crippen molar-refractivity contribution in [3.05, 3.63) is 0 Å². The van der Waals surface area contributed by atoms with E-state index in [1.807, 2.05) is 0 Å². The molecule has 0 saturated carbocycles. The van der Waals surface area contributed by atoms with Crippen molar-refractivity contribution < 1.29 is 10.6 Å². The molecule has 0 aromatic heterocycles. The molecule has 0 rings (SSSR count). The van der Waals surface area contributed by atoms with E-state index in [9.17, 15) is 0 Å². The maximum absolute atomic E-state index is 8.24. The van der Waals surface area contributed by atoms with Crippen molar-refractivity contribution in [2.75, 3.05) is 24.9 Å². The van der Waals surface area contributed by atoms with Crippen LogP contribution in [0.4, 0.5) is 0 Å². The second kappa shape index (κ2) is 6.27. The molecule has 0 aromatic carbocycles. The van der Waals surface area contributed by atoms with Crippen LogP contribution in [0.5, 0.6) is 0 Å². The molecule has 46 valence electrons. The molecule has 0 aliphatic heterocycles. The van der Waals surface area contributed by atoms with Gasteiger partial charge < -0.3 is 10.6 Å². The summed E-state index contributed by atoms with van der Waals surface area (Å²) in [6.45, 7) is 0.343. The summed E-state index contributed by atoms with van der Waals surface area (Å²) in [5, 5.41) is 8.24. The Labute approximate surface area is 47.2 Å². The second-order valence-electron chi connectivity index (χ2n) is 1.41. The second-order valence-corrected chi connectivity index (χ2v) is 3.79. The van der Waals surface area contributed by atoms with Crippen molar-refractivity contribution in [2.24, 2.45) is 0 Å². The van der Waals surface area contributed by atoms with Crippen LogP contribution in [0, 0.1) is 0 Å². The first-order valence-corrected chi connectivity index (χ1v) is 4.13. The van der Waals surface area contributed by atoms with Crippen LogP contribution in [0.1, 0.15) is 0 Å². The van der Waals surface area contributed by atoms with Crippen molar-refractivity contribution in [1.29, 1.82) is 0 Å². The fourth-order valence-electron chi connectivity index (χ4n) is 0.183. The van der Waals surface area contributed by atoms with Gasteiger partial charge >= 0.3 is 0 Å². The zero-order valence-corrected chi connectivity index (χ0v) is 5.53. The Bertz CT molecular complexity index is 30.9. The highest BCUT2D eigenvalue weighted by Crippen LogP contribution is 1.78. The van der Waals surface area contributed by atoms with Crippen LogP contribution >= 0.6 is 0 Å². The molecule has 0 heterocycles. The maximum atomic E-state index is 8.24. The fourth-order valence-corrected chi connectivity index (χ4v) is 0.548. The minimum atomic E-state index is 0. The Kier molecular flexibility index (Phi) is 9.22. The molecule has 0 atom stereocenters. The van der Waals surface area contributed by atoms with Crippen LogP contribution in [0.2, 0.25) is 0 Å². The van der Waals surface area contributed by atoms with E-state index in [-0.39, 0.29) is 5.48 Å². The molecule has 0 radical (unpaired) electrons. The van der Waals surface area contributed by atoms with Gasteiger partial charge in [-0.15, -0.1) is 0 Å². The normalized spacial score (nSPS) is 8.57. The first-order chi connectivity index (χ1) is 2.77. The summed E-state index contributed by atoms with van der Waals surface area (Å²) in [7, 11) is 0.434. The Balaban J connectivity index is 0. The third kappa shape index (κ3) is 10.7. The first kappa shape index (κ1) is 10.3. The predicted octanol–water partition coefficient (Wildman–Crippen LogP) is -0.320. The Morgan fingerprint density at radius 3 is 1.86 bits per heavy atom. The number of rotatable bonds is 2. The van der Waals surface area contributed by atoms with Crippen LogP contribution in [-0.2, 0) is 10.9 Å². The van der Waals surface area contributed by atoms with E-state index in [0.29, 0.717) is 17.5 Å². The predicted molar refractivity (Wildman–Crippen MR) is 33.1 cm³/mol. The number of aliphatic hydroxyl groups excluding tert-OH is 1. The molecule has 0 aromatic rings. The summed E-state index contributed by atoms with van der Waals surface area (Å²) in [5.74, 6) is 0.958. The summed E-state index contributed by atoms with van der Waals surface area (Å²) >= 11 is 0. The number of hydrogen-bond acceptors (Lipinski definition) is 2. The molecule has 0 fully saturated rings. The summed E-state index contributed by atoms with van der Waals surface area (Å²) in [6, 6.07) is 0. The van der Waals surface area contributed by atoms with Gasteiger partial charge in [-0.05, 0) is 10.9 Å². The Morgan fingerprint density at radius 1 is 1.43 bits per heavy atom. The molecule has 0 bridgehead atoms. The Morgan fingerprint density at radius 2 is 1.86 bits per heavy atom. The van der Waals surface area contributed by atoms with Gasteiger partial charge in [0.05, 0.1) is 19.1 Å². The third-order valence-electron chi connectivity index (χ3n) is 0.500. The molecule has 2 nitrogen and oxygen atoms in total. The molecule has 0 aliphatic carbocycles. The first-order valence-electron chi connectivity index (χ1n) is 1.92. The lowest BCUT2D eigenvalue weighted by Gasteiger charge is -1.86. The average Bonchev–Trinajstić information content (AvgIpc) is 1.35. The molecule has 7 heavy (non-hydrogen) atoms. The summed E-state index contributed by atoms with van der Waals surface area (Å²) < 4.78 is 0. The topological polar surface area (TPSA) is 50.2 Å². The lowest BCUT2D eigenvalue weighted by molar-refractivity contribution is 0.322. The van der Waals surface area contributed by atoms with Crippen molar-refractivity contribution in [1.82, 2.24) is 0 Å². The summed E-state index contributed by atoms with van der Waals surface area (Å²) in [5.41, 5.74) is 0. The molecule has 2 N–H and O–H groups in total. The van der Waals surface area contributed by atoms with Gasteiger partial charge in [0.2, 0.25) is 0 Å². The highest BCUT2D eigenvalue weighted by Gasteiger charge is 1.95. The zero-order chi connectivity index (χ0) is 4.99. The van der Waals surface area contributed by atoms with E-state index in [1.165, 1.54) is 0 Å². The van der Waals surface area contributed by atoms with E-state index in [1.54, 1.807) is 0 Å². The van der Waals surface area contributed by atoms with E-state index in [4.69, 9.17) is 5.11 Å². The van der Waals surface area contributed by atoms with Crippen molar-refractivity contribution in [2.45, 2.75) is 0 Å². The monoisotopic (exact) mass is 124 g/mol. The van der Waals surface area contributed by atoms with Gasteiger partial charge in [-0.3, -0.25) is 0 Å². The lowest BCUT2D eigenvalue weighted by Crippen LogP contribution is -2.04. The highest BCUT2D eigenvalue weighted by atomic mass is 32.2. The standard InChI is InChI=1S/C4H11OS.H2O/c1-6(2)4-3-5;/h5H,3-4H2,1-2H3;1H2/q+1;/p-1. The van der Waals surface area contributed by atoms with Crippen molar-refractivity contribution >= 4 is 10.9 Å². The quantitative estimate of drug-likeness (QED) is 0.513. The SMILES string of the molecule is C[S+](C)CCO.[OH-]. The van der Waals surface area contributed by atoms with Crippen LogP contribution in [0.25, 0.3) is 0 Å². The van der Waals surface area contributed by atoms with Gasteiger partial charge in [-0.1, -0.05) is 0 Å². The van der Waals surface area contributed by atoms with Crippen LogP contribution in [0.15, 0.2) is 0 Å². The minimum Gasteiger partial charge on any atom is -0.870 e. The molecular weight excluding hydrogens is 112 g/mol. The Hall–Kier alpha value is 0.270. The zero-order valence-electron chi connectivity index (χ0n) is 4.72. The van der Waals surface area contributed by atoms with Gasteiger partial charge in [0, 0.05) is 0 Å². The highest BCUT2D eigenvalue weighted by molar-refractivity contribution is 7.95. The maximum Gasteiger partial charge on any atom is 0.130 e. The van der Waals surface area contributed by atoms with Gasteiger partial charge in [-0.2, -0.15) is 0 Å². The van der Waals surface area contributed by atoms with Gasteiger partial charge in [0.15, 0.2) is 0 Å². The van der Waals surface area contributed by atoms with E-state index >= 15 is 0 Å². The van der Waals surface area contributed by atoms with E-state index in [2.05, 4.69) is 12.5 Å². The van der Waals surface area contributed by atoms with Crippen LogP contribution < -0.4 is 0 Å². The number of hydrogen-bond donors (Lipinski definition) is 1. The minimum absolute atomic E-state index is 0. The molecule has 0 spiro atoms. The fraction of sp³-hybridized carbons (Fsp3) is 1.00. The largest absolute Gasteiger partial charge is 0.870 e. The molecule has 0 saturated heterocycles. The van der Waals surface area contributed by atoms with E-state index in [0.717, 1.165) is 5.75 Å². The molecule has 0 amide bonds. The molecular formula is C4H12O2S. The summed E-state index contributed by atoms with van der Waals surface area (Å²) in [6.07, 6.45) is 4.24. The van der Waals surface area contributed by atoms with Gasteiger partial charge in [0.1, 0.15) is 5.75 Å². The molecule has 0 aliphatic rings. The van der Waals surface area contributed by atoms with Gasteiger partial charge in [0.25, 0.3) is 0 Å².